The standard InChI is InChI=1S/C30H40N6O6/c1-18(2)22(33-28(40)42-29(4,5)6)27(39)41-21-16-35(34-23(24(21)37)26(38)31-7)17-30(12-8-9-13-30)36-15-19(3)20-11-10-14-32-25(20)36/h10-11,14-16,18,22H,8-9,12-13,17H2,1-7H3,(H,31,38)(H,33,40)/t22-/m0/s1. The Bertz CT molecular complexity index is 1540. The van der Waals surface area contributed by atoms with E-state index >= 15 is 0 Å². The molecule has 226 valence electrons. The number of hydrogen-bond acceptors (Lipinski definition) is 8. The van der Waals surface area contributed by atoms with Crippen molar-refractivity contribution in [2.75, 3.05) is 7.05 Å². The second-order valence-electron chi connectivity index (χ2n) is 12.2. The first-order valence-electron chi connectivity index (χ1n) is 14.2. The molecule has 42 heavy (non-hydrogen) atoms. The van der Waals surface area contributed by atoms with Crippen LogP contribution in [0.15, 0.2) is 35.5 Å². The number of esters is 1. The highest BCUT2D eigenvalue weighted by molar-refractivity contribution is 5.92. The Hall–Kier alpha value is -4.22. The van der Waals surface area contributed by atoms with Crippen molar-refractivity contribution >= 4 is 29.0 Å². The van der Waals surface area contributed by atoms with Gasteiger partial charge in [0.2, 0.25) is 0 Å². The SMILES string of the molecule is CNC(=O)c1nn(CC2(n3cc(C)c4cccnc43)CCCC2)cc(OC(=O)[C@@H](NC(=O)OC(C)(C)C)C(C)C)c1=O. The fourth-order valence-electron chi connectivity index (χ4n) is 5.43. The minimum Gasteiger partial charge on any atom is -0.444 e. The molecule has 0 unspecified atom stereocenters. The van der Waals surface area contributed by atoms with Crippen LogP contribution in [0.2, 0.25) is 0 Å². The van der Waals surface area contributed by atoms with E-state index in [0.29, 0.717) is 6.54 Å². The molecular formula is C30H40N6O6. The summed E-state index contributed by atoms with van der Waals surface area (Å²) in [5.41, 5.74) is -0.485. The van der Waals surface area contributed by atoms with Gasteiger partial charge in [-0.05, 0) is 64.2 Å². The first-order valence-corrected chi connectivity index (χ1v) is 14.2. The predicted octanol–water partition coefficient (Wildman–Crippen LogP) is 3.69. The number of hydrogen-bond donors (Lipinski definition) is 2. The van der Waals surface area contributed by atoms with E-state index in [1.54, 1.807) is 40.8 Å². The summed E-state index contributed by atoms with van der Waals surface area (Å²) in [4.78, 5) is 56.3. The molecule has 4 rings (SSSR count). The maximum absolute atomic E-state index is 13.3. The lowest BCUT2D eigenvalue weighted by atomic mass is 9.97. The average Bonchev–Trinajstić information content (AvgIpc) is 3.52. The van der Waals surface area contributed by atoms with Crippen molar-refractivity contribution in [1.82, 2.24) is 30.0 Å². The van der Waals surface area contributed by atoms with Crippen LogP contribution in [0.25, 0.3) is 11.0 Å². The van der Waals surface area contributed by atoms with Crippen LogP contribution in [0.4, 0.5) is 4.79 Å². The molecule has 1 aliphatic carbocycles. The summed E-state index contributed by atoms with van der Waals surface area (Å²) in [7, 11) is 1.39. The summed E-state index contributed by atoms with van der Waals surface area (Å²) in [5, 5.41) is 10.4. The fourth-order valence-corrected chi connectivity index (χ4v) is 5.43. The molecule has 3 aromatic rings. The molecule has 0 bridgehead atoms. The number of nitrogens with zero attached hydrogens (tertiary/aromatic N) is 4. The van der Waals surface area contributed by atoms with Crippen LogP contribution in [0, 0.1) is 12.8 Å². The Labute approximate surface area is 244 Å². The second-order valence-corrected chi connectivity index (χ2v) is 12.2. The number of rotatable bonds is 8. The van der Waals surface area contributed by atoms with Gasteiger partial charge < -0.3 is 24.7 Å². The van der Waals surface area contributed by atoms with E-state index in [1.807, 2.05) is 19.1 Å². The summed E-state index contributed by atoms with van der Waals surface area (Å²) >= 11 is 0. The van der Waals surface area contributed by atoms with Crippen molar-refractivity contribution < 1.29 is 23.9 Å². The molecular weight excluding hydrogens is 540 g/mol. The van der Waals surface area contributed by atoms with Gasteiger partial charge in [0.15, 0.2) is 11.4 Å². The average molecular weight is 581 g/mol. The maximum atomic E-state index is 13.3. The fraction of sp³-hybridized carbons (Fsp3) is 0.533. The lowest BCUT2D eigenvalue weighted by Crippen LogP contribution is -2.48. The predicted molar refractivity (Wildman–Crippen MR) is 156 cm³/mol. The number of fused-ring (bicyclic) bond motifs is 1. The molecule has 12 nitrogen and oxygen atoms in total. The highest BCUT2D eigenvalue weighted by atomic mass is 16.6. The van der Waals surface area contributed by atoms with Crippen LogP contribution in [0.5, 0.6) is 5.75 Å². The van der Waals surface area contributed by atoms with Crippen LogP contribution in [0.1, 0.15) is 76.4 Å². The molecule has 1 fully saturated rings. The van der Waals surface area contributed by atoms with Crippen LogP contribution in [0.3, 0.4) is 0 Å². The Kier molecular flexibility index (Phi) is 8.74. The van der Waals surface area contributed by atoms with Crippen LogP contribution in [-0.4, -0.2) is 56.0 Å². The van der Waals surface area contributed by atoms with Gasteiger partial charge in [-0.25, -0.2) is 14.6 Å². The monoisotopic (exact) mass is 580 g/mol. The zero-order valence-electron chi connectivity index (χ0n) is 25.3. The van der Waals surface area contributed by atoms with Crippen LogP contribution >= 0.6 is 0 Å². The zero-order valence-corrected chi connectivity index (χ0v) is 25.3. The van der Waals surface area contributed by atoms with Gasteiger partial charge in [0, 0.05) is 24.8 Å². The summed E-state index contributed by atoms with van der Waals surface area (Å²) in [6.45, 7) is 10.9. The number of pyridine rings is 1. The van der Waals surface area contributed by atoms with Crippen LogP contribution < -0.4 is 20.8 Å². The largest absolute Gasteiger partial charge is 0.444 e. The normalized spacial score (nSPS) is 15.4. The van der Waals surface area contributed by atoms with E-state index in [2.05, 4.69) is 31.5 Å². The lowest BCUT2D eigenvalue weighted by molar-refractivity contribution is -0.138. The third-order valence-electron chi connectivity index (χ3n) is 7.44. The van der Waals surface area contributed by atoms with Gasteiger partial charge in [-0.3, -0.25) is 14.3 Å². The molecule has 1 aliphatic rings. The molecule has 0 aliphatic heterocycles. The van der Waals surface area contributed by atoms with E-state index < -0.39 is 46.3 Å². The van der Waals surface area contributed by atoms with Gasteiger partial charge >= 0.3 is 12.1 Å². The van der Waals surface area contributed by atoms with E-state index in [-0.39, 0.29) is 11.7 Å². The minimum atomic E-state index is -1.11. The van der Waals surface area contributed by atoms with E-state index in [4.69, 9.17) is 9.47 Å². The topological polar surface area (TPSA) is 146 Å². The molecule has 3 heterocycles. The number of alkyl carbamates (subject to hydrolysis) is 1. The Balaban J connectivity index is 1.71. The number of nitrogens with one attached hydrogen (secondary N) is 2. The molecule has 0 spiro atoms. The molecule has 3 aromatic heterocycles. The number of carbonyl (C=O) groups excluding carboxylic acids is 3. The zero-order chi connectivity index (χ0) is 30.8. The van der Waals surface area contributed by atoms with Crippen molar-refractivity contribution in [3.8, 4) is 5.75 Å². The van der Waals surface area contributed by atoms with E-state index in [9.17, 15) is 19.2 Å². The van der Waals surface area contributed by atoms with Gasteiger partial charge in [-0.1, -0.05) is 26.7 Å². The number of aromatic nitrogens is 4. The van der Waals surface area contributed by atoms with E-state index in [1.165, 1.54) is 17.9 Å². The summed E-state index contributed by atoms with van der Waals surface area (Å²) < 4.78 is 14.5. The Morgan fingerprint density at radius 3 is 2.45 bits per heavy atom. The molecule has 0 saturated heterocycles. The van der Waals surface area contributed by atoms with Gasteiger partial charge in [-0.2, -0.15) is 5.10 Å². The number of ether oxygens (including phenoxy) is 2. The molecule has 0 radical (unpaired) electrons. The molecule has 0 aromatic carbocycles. The Morgan fingerprint density at radius 1 is 1.14 bits per heavy atom. The summed E-state index contributed by atoms with van der Waals surface area (Å²) in [6.07, 6.45) is 8.05. The van der Waals surface area contributed by atoms with Crippen molar-refractivity contribution in [2.45, 2.75) is 91.0 Å². The molecule has 12 heteroatoms. The summed E-state index contributed by atoms with van der Waals surface area (Å²) in [5.74, 6) is -2.30. The highest BCUT2D eigenvalue weighted by Gasteiger charge is 2.38. The molecule has 1 saturated carbocycles. The smallest absolute Gasteiger partial charge is 0.408 e. The van der Waals surface area contributed by atoms with Gasteiger partial charge in [0.05, 0.1) is 18.3 Å². The van der Waals surface area contributed by atoms with Crippen LogP contribution in [-0.2, 0) is 21.6 Å². The highest BCUT2D eigenvalue weighted by Crippen LogP contribution is 2.41. The third-order valence-corrected chi connectivity index (χ3v) is 7.44. The minimum absolute atomic E-state index is 0.311. The number of aryl methyl sites for hydroxylation is 1. The maximum Gasteiger partial charge on any atom is 0.408 e. The summed E-state index contributed by atoms with van der Waals surface area (Å²) in [6, 6.07) is 2.83. The first kappa shape index (κ1) is 30.7. The van der Waals surface area contributed by atoms with Gasteiger partial charge in [-0.15, -0.1) is 0 Å². The van der Waals surface area contributed by atoms with Crippen molar-refractivity contribution in [3.63, 3.8) is 0 Å². The van der Waals surface area contributed by atoms with Gasteiger partial charge in [0.1, 0.15) is 17.3 Å². The number of amides is 2. The van der Waals surface area contributed by atoms with Gasteiger partial charge in [0.25, 0.3) is 11.3 Å². The Morgan fingerprint density at radius 2 is 1.83 bits per heavy atom. The molecule has 2 amide bonds. The second kappa shape index (κ2) is 11.9. The first-order chi connectivity index (χ1) is 19.7. The third kappa shape index (κ3) is 6.47. The van der Waals surface area contributed by atoms with Crippen molar-refractivity contribution in [3.05, 3.63) is 52.2 Å². The lowest BCUT2D eigenvalue weighted by Gasteiger charge is -2.32. The van der Waals surface area contributed by atoms with Crippen molar-refractivity contribution in [1.29, 1.82) is 0 Å². The molecule has 2 N–H and O–H groups in total. The van der Waals surface area contributed by atoms with Crippen molar-refractivity contribution in [2.24, 2.45) is 5.92 Å². The molecule has 1 atom stereocenters. The quantitative estimate of drug-likeness (QED) is 0.384. The number of carbonyl (C=O) groups is 3. The van der Waals surface area contributed by atoms with E-state index in [0.717, 1.165) is 42.3 Å².